The Bertz CT molecular complexity index is 1180. The van der Waals surface area contributed by atoms with E-state index in [2.05, 4.69) is 10.6 Å². The maximum Gasteiger partial charge on any atom is 0.329 e. The molecule has 0 bridgehead atoms. The zero-order chi connectivity index (χ0) is 23.2. The van der Waals surface area contributed by atoms with Gasteiger partial charge in [-0.25, -0.2) is 4.79 Å². The summed E-state index contributed by atoms with van der Waals surface area (Å²) >= 11 is 0. The van der Waals surface area contributed by atoms with Gasteiger partial charge in [-0.2, -0.15) is 0 Å². The number of amides is 2. The van der Waals surface area contributed by atoms with Crippen molar-refractivity contribution in [2.45, 2.75) is 51.7 Å². The van der Waals surface area contributed by atoms with Crippen molar-refractivity contribution in [1.29, 1.82) is 0 Å². The molecule has 1 aliphatic carbocycles. The van der Waals surface area contributed by atoms with Crippen LogP contribution in [0, 0.1) is 0 Å². The second-order valence-electron chi connectivity index (χ2n) is 8.29. The van der Waals surface area contributed by atoms with Gasteiger partial charge in [0.1, 0.15) is 5.75 Å². The number of ether oxygens (including phenoxy) is 1. The number of hydrogen-bond donors (Lipinski definition) is 2. The van der Waals surface area contributed by atoms with Crippen molar-refractivity contribution >= 4 is 22.8 Å². The Morgan fingerprint density at radius 2 is 1.70 bits per heavy atom. The van der Waals surface area contributed by atoms with Crippen LogP contribution in [-0.4, -0.2) is 40.1 Å². The second kappa shape index (κ2) is 10.4. The molecule has 1 saturated carbocycles. The van der Waals surface area contributed by atoms with E-state index in [1.165, 1.54) is 0 Å². The number of rotatable bonds is 11. The summed E-state index contributed by atoms with van der Waals surface area (Å²) in [6.45, 7) is 3.41. The van der Waals surface area contributed by atoms with E-state index in [-0.39, 0.29) is 30.5 Å². The van der Waals surface area contributed by atoms with Crippen LogP contribution in [-0.2, 0) is 29.1 Å². The van der Waals surface area contributed by atoms with Crippen molar-refractivity contribution in [2.75, 3.05) is 13.2 Å². The first-order valence-electron chi connectivity index (χ1n) is 11.5. The molecule has 2 amide bonds. The summed E-state index contributed by atoms with van der Waals surface area (Å²) in [7, 11) is 0. The number of aryl methyl sites for hydroxylation is 2. The third-order valence-corrected chi connectivity index (χ3v) is 5.78. The number of fused-ring (bicyclic) bond motifs is 1. The van der Waals surface area contributed by atoms with E-state index in [0.717, 1.165) is 29.4 Å². The van der Waals surface area contributed by atoms with E-state index in [1.54, 1.807) is 9.13 Å². The monoisotopic (exact) mass is 450 g/mol. The molecule has 0 spiro atoms. The van der Waals surface area contributed by atoms with Gasteiger partial charge in [-0.1, -0.05) is 24.3 Å². The van der Waals surface area contributed by atoms with Crippen molar-refractivity contribution in [3.8, 4) is 5.75 Å². The minimum atomic E-state index is -0.0918. The van der Waals surface area contributed by atoms with Gasteiger partial charge in [0, 0.05) is 32.1 Å². The number of carbonyl (C=O) groups is 2. The van der Waals surface area contributed by atoms with Gasteiger partial charge in [-0.3, -0.25) is 18.7 Å². The van der Waals surface area contributed by atoms with E-state index in [4.69, 9.17) is 4.74 Å². The number of benzene rings is 2. The molecule has 174 valence electrons. The number of carbonyl (C=O) groups excluding carboxylic acids is 2. The fraction of sp³-hybridized carbons (Fsp3) is 0.400. The predicted molar refractivity (Wildman–Crippen MR) is 126 cm³/mol. The Kier molecular flexibility index (Phi) is 7.12. The van der Waals surface area contributed by atoms with E-state index in [9.17, 15) is 14.4 Å². The first-order valence-corrected chi connectivity index (χ1v) is 11.5. The van der Waals surface area contributed by atoms with Gasteiger partial charge in [-0.15, -0.1) is 0 Å². The minimum absolute atomic E-state index is 0.0198. The molecule has 4 rings (SSSR count). The van der Waals surface area contributed by atoms with Crippen LogP contribution in [0.4, 0.5) is 0 Å². The first kappa shape index (κ1) is 22.6. The first-order chi connectivity index (χ1) is 16.0. The van der Waals surface area contributed by atoms with Crippen molar-refractivity contribution in [1.82, 2.24) is 19.8 Å². The zero-order valence-corrected chi connectivity index (χ0v) is 18.9. The summed E-state index contributed by atoms with van der Waals surface area (Å²) in [6, 6.07) is 15.5. The number of para-hydroxylation sites is 2. The smallest absolute Gasteiger partial charge is 0.329 e. The zero-order valence-electron chi connectivity index (χ0n) is 18.9. The molecule has 0 unspecified atom stereocenters. The standard InChI is InChI=1S/C25H30N4O4/c1-2-28-21-5-3-4-6-22(21)29(25(28)32)16-14-23(30)26-15-13-18-7-11-20(12-8-18)33-17-24(31)27-19-9-10-19/h3-8,11-12,19H,2,9-10,13-17H2,1H3,(H,26,30)(H,27,31). The average Bonchev–Trinajstić information content (AvgIpc) is 3.59. The molecule has 1 fully saturated rings. The van der Waals surface area contributed by atoms with Crippen molar-refractivity contribution in [3.63, 3.8) is 0 Å². The molecule has 3 aromatic rings. The fourth-order valence-electron chi connectivity index (χ4n) is 3.84. The van der Waals surface area contributed by atoms with Gasteiger partial charge >= 0.3 is 5.69 Å². The third kappa shape index (κ3) is 5.83. The van der Waals surface area contributed by atoms with Gasteiger partial charge in [-0.05, 0) is 56.0 Å². The molecule has 33 heavy (non-hydrogen) atoms. The fourth-order valence-corrected chi connectivity index (χ4v) is 3.84. The third-order valence-electron chi connectivity index (χ3n) is 5.78. The molecule has 0 aliphatic heterocycles. The molecular weight excluding hydrogens is 420 g/mol. The van der Waals surface area contributed by atoms with E-state index < -0.39 is 0 Å². The molecule has 0 atom stereocenters. The number of hydrogen-bond acceptors (Lipinski definition) is 4. The highest BCUT2D eigenvalue weighted by Crippen LogP contribution is 2.18. The van der Waals surface area contributed by atoms with Crippen LogP contribution >= 0.6 is 0 Å². The number of aromatic nitrogens is 2. The Labute approximate surface area is 192 Å². The van der Waals surface area contributed by atoms with Crippen LogP contribution in [0.1, 0.15) is 31.7 Å². The highest BCUT2D eigenvalue weighted by Gasteiger charge is 2.23. The SMILES string of the molecule is CCn1c(=O)n(CCC(=O)NCCc2ccc(OCC(=O)NC3CC3)cc2)c2ccccc21. The lowest BCUT2D eigenvalue weighted by Gasteiger charge is -2.09. The van der Waals surface area contributed by atoms with Crippen molar-refractivity contribution in [2.24, 2.45) is 0 Å². The summed E-state index contributed by atoms with van der Waals surface area (Å²) in [5.41, 5.74) is 2.72. The topological polar surface area (TPSA) is 94.4 Å². The van der Waals surface area contributed by atoms with Gasteiger partial charge in [0.05, 0.1) is 11.0 Å². The minimum Gasteiger partial charge on any atom is -0.484 e. The molecule has 0 saturated heterocycles. The molecule has 8 heteroatoms. The predicted octanol–water partition coefficient (Wildman–Crippen LogP) is 2.23. The molecule has 2 N–H and O–H groups in total. The van der Waals surface area contributed by atoms with Gasteiger partial charge < -0.3 is 15.4 Å². The maximum atomic E-state index is 12.7. The summed E-state index contributed by atoms with van der Waals surface area (Å²) in [5.74, 6) is 0.466. The number of nitrogens with one attached hydrogen (secondary N) is 2. The lowest BCUT2D eigenvalue weighted by atomic mass is 10.1. The second-order valence-corrected chi connectivity index (χ2v) is 8.29. The van der Waals surface area contributed by atoms with Gasteiger partial charge in [0.15, 0.2) is 6.61 Å². The molecule has 1 heterocycles. The molecular formula is C25H30N4O4. The van der Waals surface area contributed by atoms with Gasteiger partial charge in [0.2, 0.25) is 5.91 Å². The lowest BCUT2D eigenvalue weighted by molar-refractivity contribution is -0.123. The molecule has 0 radical (unpaired) electrons. The van der Waals surface area contributed by atoms with Crippen LogP contribution in [0.2, 0.25) is 0 Å². The Morgan fingerprint density at radius 3 is 2.36 bits per heavy atom. The number of nitrogens with zero attached hydrogens (tertiary/aromatic N) is 2. The van der Waals surface area contributed by atoms with Crippen molar-refractivity contribution in [3.05, 3.63) is 64.6 Å². The number of imidazole rings is 1. The average molecular weight is 451 g/mol. The Balaban J connectivity index is 1.21. The van der Waals surface area contributed by atoms with Crippen LogP contribution in [0.5, 0.6) is 5.75 Å². The van der Waals surface area contributed by atoms with Crippen LogP contribution in [0.3, 0.4) is 0 Å². The Morgan fingerprint density at radius 1 is 1.00 bits per heavy atom. The molecule has 1 aromatic heterocycles. The Hall–Kier alpha value is -3.55. The summed E-state index contributed by atoms with van der Waals surface area (Å²) in [6.07, 6.45) is 3.04. The van der Waals surface area contributed by atoms with E-state index >= 15 is 0 Å². The van der Waals surface area contributed by atoms with Crippen LogP contribution in [0.15, 0.2) is 53.3 Å². The highest BCUT2D eigenvalue weighted by molar-refractivity contribution is 5.78. The lowest BCUT2D eigenvalue weighted by Crippen LogP contribution is -2.30. The summed E-state index contributed by atoms with van der Waals surface area (Å²) < 4.78 is 8.90. The van der Waals surface area contributed by atoms with E-state index in [0.29, 0.717) is 37.8 Å². The largest absolute Gasteiger partial charge is 0.484 e. The molecule has 8 nitrogen and oxygen atoms in total. The molecule has 2 aromatic carbocycles. The van der Waals surface area contributed by atoms with Crippen LogP contribution < -0.4 is 21.1 Å². The van der Waals surface area contributed by atoms with Crippen molar-refractivity contribution < 1.29 is 14.3 Å². The van der Waals surface area contributed by atoms with Gasteiger partial charge in [0.25, 0.3) is 5.91 Å². The summed E-state index contributed by atoms with van der Waals surface area (Å²) in [5, 5.41) is 5.81. The van der Waals surface area contributed by atoms with Crippen LogP contribution in [0.25, 0.3) is 11.0 Å². The van der Waals surface area contributed by atoms with E-state index in [1.807, 2.05) is 55.5 Å². The maximum absolute atomic E-state index is 12.7. The quantitative estimate of drug-likeness (QED) is 0.468. The molecule has 1 aliphatic rings. The highest BCUT2D eigenvalue weighted by atomic mass is 16.5. The normalized spacial score (nSPS) is 13.1. The summed E-state index contributed by atoms with van der Waals surface area (Å²) in [4.78, 5) is 36.7.